The molecule has 2 rings (SSSR count). The van der Waals surface area contributed by atoms with Crippen molar-refractivity contribution in [1.82, 2.24) is 0 Å². The van der Waals surface area contributed by atoms with Crippen molar-refractivity contribution in [1.29, 1.82) is 0 Å². The summed E-state index contributed by atoms with van der Waals surface area (Å²) in [6.07, 6.45) is 8.72. The number of rotatable bonds is 4. The molecule has 17 heavy (non-hydrogen) atoms. The van der Waals surface area contributed by atoms with Gasteiger partial charge in [-0.15, -0.1) is 0 Å². The Balaban J connectivity index is 2.05. The van der Waals surface area contributed by atoms with Gasteiger partial charge in [-0.1, -0.05) is 26.2 Å². The molecule has 2 aliphatic rings. The molecule has 2 unspecified atom stereocenters. The van der Waals surface area contributed by atoms with Crippen molar-refractivity contribution in [3.05, 3.63) is 0 Å². The topological polar surface area (TPSA) is 55.5 Å². The fourth-order valence-electron chi connectivity index (χ4n) is 3.76. The summed E-state index contributed by atoms with van der Waals surface area (Å²) >= 11 is 0. The Morgan fingerprint density at radius 3 is 2.71 bits per heavy atom. The third-order valence-corrected chi connectivity index (χ3v) is 4.80. The third kappa shape index (κ3) is 2.67. The zero-order chi connectivity index (χ0) is 12.4. The van der Waals surface area contributed by atoms with Gasteiger partial charge in [0.2, 0.25) is 0 Å². The summed E-state index contributed by atoms with van der Waals surface area (Å²) in [7, 11) is 0. The van der Waals surface area contributed by atoms with Crippen LogP contribution >= 0.6 is 0 Å². The minimum atomic E-state index is -0.659. The number of nitrogens with two attached hydrogens (primary N) is 1. The molecule has 100 valence electrons. The number of ether oxygens (including phenoxy) is 1. The van der Waals surface area contributed by atoms with E-state index in [0.29, 0.717) is 12.5 Å². The van der Waals surface area contributed by atoms with Crippen LogP contribution < -0.4 is 5.73 Å². The molecule has 0 amide bonds. The summed E-state index contributed by atoms with van der Waals surface area (Å²) in [4.78, 5) is 0. The van der Waals surface area contributed by atoms with Gasteiger partial charge in [0.05, 0.1) is 11.2 Å². The van der Waals surface area contributed by atoms with E-state index in [1.54, 1.807) is 0 Å². The summed E-state index contributed by atoms with van der Waals surface area (Å²) < 4.78 is 6.02. The Hall–Kier alpha value is -0.120. The Bertz CT molecular complexity index is 251. The maximum Gasteiger partial charge on any atom is 0.0799 e. The van der Waals surface area contributed by atoms with E-state index in [1.807, 2.05) is 0 Å². The van der Waals surface area contributed by atoms with E-state index in [1.165, 1.54) is 25.7 Å². The molecule has 3 heteroatoms. The van der Waals surface area contributed by atoms with E-state index in [2.05, 4.69) is 6.92 Å². The van der Waals surface area contributed by atoms with E-state index >= 15 is 0 Å². The van der Waals surface area contributed by atoms with Crippen molar-refractivity contribution in [2.45, 2.75) is 69.5 Å². The second-order valence-electron chi connectivity index (χ2n) is 5.99. The maximum absolute atomic E-state index is 10.7. The van der Waals surface area contributed by atoms with E-state index in [9.17, 15) is 5.11 Å². The first-order valence-corrected chi connectivity index (χ1v) is 7.20. The molecule has 1 heterocycles. The summed E-state index contributed by atoms with van der Waals surface area (Å²) in [5.74, 6) is 0.333. The molecule has 0 aromatic carbocycles. The van der Waals surface area contributed by atoms with Crippen LogP contribution in [0.4, 0.5) is 0 Å². The van der Waals surface area contributed by atoms with Crippen molar-refractivity contribution in [2.75, 3.05) is 13.2 Å². The minimum Gasteiger partial charge on any atom is -0.388 e. The highest BCUT2D eigenvalue weighted by Gasteiger charge is 2.46. The average molecular weight is 241 g/mol. The van der Waals surface area contributed by atoms with Gasteiger partial charge in [-0.2, -0.15) is 0 Å². The highest BCUT2D eigenvalue weighted by molar-refractivity contribution is 4.98. The van der Waals surface area contributed by atoms with Crippen LogP contribution in [0.25, 0.3) is 0 Å². The van der Waals surface area contributed by atoms with E-state index < -0.39 is 5.60 Å². The highest BCUT2D eigenvalue weighted by atomic mass is 16.5. The normalized spacial score (nSPS) is 31.6. The number of hydrogen-bond acceptors (Lipinski definition) is 3. The molecule has 0 bridgehead atoms. The lowest BCUT2D eigenvalue weighted by atomic mass is 9.73. The fraction of sp³-hybridized carbons (Fsp3) is 1.00. The van der Waals surface area contributed by atoms with Gasteiger partial charge in [-0.25, -0.2) is 0 Å². The zero-order valence-corrected chi connectivity index (χ0v) is 11.1. The molecule has 1 spiro atoms. The third-order valence-electron chi connectivity index (χ3n) is 4.80. The SMILES string of the molecule is CCCC(O)(CN)C1CCOC2(CCCC2)C1. The predicted molar refractivity (Wildman–Crippen MR) is 68.8 cm³/mol. The minimum absolute atomic E-state index is 0.0831. The highest BCUT2D eigenvalue weighted by Crippen LogP contribution is 2.45. The van der Waals surface area contributed by atoms with Gasteiger partial charge in [0.15, 0.2) is 0 Å². The number of aliphatic hydroxyl groups is 1. The zero-order valence-electron chi connectivity index (χ0n) is 11.1. The molecule has 3 N–H and O–H groups in total. The van der Waals surface area contributed by atoms with Crippen LogP contribution in [0.5, 0.6) is 0 Å². The molecule has 2 atom stereocenters. The predicted octanol–water partition coefficient (Wildman–Crippen LogP) is 2.22. The van der Waals surface area contributed by atoms with Gasteiger partial charge >= 0.3 is 0 Å². The molecule has 0 aromatic rings. The molecule has 3 nitrogen and oxygen atoms in total. The Labute approximate surface area is 105 Å². The van der Waals surface area contributed by atoms with Gasteiger partial charge < -0.3 is 15.6 Å². The summed E-state index contributed by atoms with van der Waals surface area (Å²) in [6.45, 7) is 3.31. The molecule has 1 aliphatic heterocycles. The smallest absolute Gasteiger partial charge is 0.0799 e. The largest absolute Gasteiger partial charge is 0.388 e. The second kappa shape index (κ2) is 5.25. The molecule has 1 saturated carbocycles. The Morgan fingerprint density at radius 1 is 1.41 bits per heavy atom. The van der Waals surface area contributed by atoms with Crippen LogP contribution in [0, 0.1) is 5.92 Å². The quantitative estimate of drug-likeness (QED) is 0.793. The van der Waals surface area contributed by atoms with E-state index in [-0.39, 0.29) is 5.60 Å². The molecule has 1 saturated heterocycles. The van der Waals surface area contributed by atoms with Crippen molar-refractivity contribution in [3.63, 3.8) is 0 Å². The summed E-state index contributed by atoms with van der Waals surface area (Å²) in [5, 5.41) is 10.7. The molecule has 2 fully saturated rings. The first-order valence-electron chi connectivity index (χ1n) is 7.20. The maximum atomic E-state index is 10.7. The lowest BCUT2D eigenvalue weighted by Gasteiger charge is -2.45. The monoisotopic (exact) mass is 241 g/mol. The van der Waals surface area contributed by atoms with Crippen molar-refractivity contribution in [2.24, 2.45) is 11.7 Å². The van der Waals surface area contributed by atoms with Crippen LogP contribution in [-0.4, -0.2) is 29.5 Å². The lowest BCUT2D eigenvalue weighted by Crippen LogP contribution is -2.51. The summed E-state index contributed by atoms with van der Waals surface area (Å²) in [6, 6.07) is 0. The van der Waals surface area contributed by atoms with Crippen LogP contribution in [0.2, 0.25) is 0 Å². The second-order valence-corrected chi connectivity index (χ2v) is 5.99. The van der Waals surface area contributed by atoms with E-state index in [4.69, 9.17) is 10.5 Å². The first kappa shape index (κ1) is 13.3. The van der Waals surface area contributed by atoms with Crippen LogP contribution in [0.15, 0.2) is 0 Å². The summed E-state index contributed by atoms with van der Waals surface area (Å²) in [5.41, 5.74) is 5.24. The van der Waals surface area contributed by atoms with Gasteiger partial charge in [0.1, 0.15) is 0 Å². The van der Waals surface area contributed by atoms with Gasteiger partial charge in [0, 0.05) is 13.2 Å². The standard InChI is InChI=1S/C14H27NO2/c1-2-6-14(16,11-15)12-5-9-17-13(10-12)7-3-4-8-13/h12,16H,2-11,15H2,1H3. The molecular formula is C14H27NO2. The first-order chi connectivity index (χ1) is 8.14. The number of hydrogen-bond donors (Lipinski definition) is 2. The Morgan fingerprint density at radius 2 is 2.12 bits per heavy atom. The van der Waals surface area contributed by atoms with Gasteiger partial charge in [-0.3, -0.25) is 0 Å². The van der Waals surface area contributed by atoms with Crippen molar-refractivity contribution >= 4 is 0 Å². The lowest BCUT2D eigenvalue weighted by molar-refractivity contribution is -0.140. The fourth-order valence-corrected chi connectivity index (χ4v) is 3.76. The molecule has 0 aromatic heterocycles. The average Bonchev–Trinajstić information content (AvgIpc) is 2.77. The van der Waals surface area contributed by atoms with Crippen LogP contribution in [-0.2, 0) is 4.74 Å². The van der Waals surface area contributed by atoms with E-state index in [0.717, 1.165) is 32.3 Å². The van der Waals surface area contributed by atoms with Gasteiger partial charge in [0.25, 0.3) is 0 Å². The van der Waals surface area contributed by atoms with Crippen LogP contribution in [0.3, 0.4) is 0 Å². The molecule has 0 radical (unpaired) electrons. The van der Waals surface area contributed by atoms with Crippen molar-refractivity contribution in [3.8, 4) is 0 Å². The molecular weight excluding hydrogens is 214 g/mol. The van der Waals surface area contributed by atoms with Crippen molar-refractivity contribution < 1.29 is 9.84 Å². The molecule has 1 aliphatic carbocycles. The van der Waals surface area contributed by atoms with Gasteiger partial charge in [-0.05, 0) is 38.0 Å². The van der Waals surface area contributed by atoms with Crippen LogP contribution in [0.1, 0.15) is 58.3 Å². The Kier molecular flexibility index (Phi) is 4.11.